The zero-order valence-corrected chi connectivity index (χ0v) is 13.7. The molecule has 3 aromatic rings. The van der Waals surface area contributed by atoms with Crippen LogP contribution < -0.4 is 5.56 Å². The van der Waals surface area contributed by atoms with E-state index < -0.39 is 0 Å². The SMILES string of the molecule is CCCn1ncnc1[C@@H](C)n1cnc2ccc(CC)cc2c1=O. The summed E-state index contributed by atoms with van der Waals surface area (Å²) in [4.78, 5) is 21.6. The average molecular weight is 311 g/mol. The summed E-state index contributed by atoms with van der Waals surface area (Å²) in [6.07, 6.45) is 5.00. The van der Waals surface area contributed by atoms with Crippen molar-refractivity contribution in [1.29, 1.82) is 0 Å². The third-order valence-corrected chi connectivity index (χ3v) is 4.13. The zero-order chi connectivity index (χ0) is 16.4. The van der Waals surface area contributed by atoms with Crippen LogP contribution in [0.25, 0.3) is 10.9 Å². The van der Waals surface area contributed by atoms with E-state index in [-0.39, 0.29) is 11.6 Å². The van der Waals surface area contributed by atoms with E-state index in [2.05, 4.69) is 28.9 Å². The van der Waals surface area contributed by atoms with Crippen LogP contribution in [0.3, 0.4) is 0 Å². The Morgan fingerprint density at radius 3 is 2.78 bits per heavy atom. The first-order chi connectivity index (χ1) is 11.2. The third kappa shape index (κ3) is 2.76. The van der Waals surface area contributed by atoms with Gasteiger partial charge in [0.2, 0.25) is 0 Å². The molecule has 1 atom stereocenters. The standard InChI is InChI=1S/C17H21N5O/c1-4-8-22-16(18-10-20-22)12(3)21-11-19-15-7-6-13(5-2)9-14(15)17(21)23/h6-7,9-12H,4-5,8H2,1-3H3/t12-/m1/s1. The number of nitrogens with zero attached hydrogens (tertiary/aromatic N) is 5. The summed E-state index contributed by atoms with van der Waals surface area (Å²) >= 11 is 0. The van der Waals surface area contributed by atoms with Crippen LogP contribution in [0, 0.1) is 0 Å². The van der Waals surface area contributed by atoms with Gasteiger partial charge in [0.1, 0.15) is 12.2 Å². The van der Waals surface area contributed by atoms with Gasteiger partial charge in [0.05, 0.1) is 23.3 Å². The molecule has 0 aliphatic heterocycles. The van der Waals surface area contributed by atoms with Crippen LogP contribution in [0.4, 0.5) is 0 Å². The maximum Gasteiger partial charge on any atom is 0.261 e. The molecule has 3 rings (SSSR count). The summed E-state index contributed by atoms with van der Waals surface area (Å²) in [7, 11) is 0. The fraction of sp³-hybridized carbons (Fsp3) is 0.412. The van der Waals surface area contributed by atoms with Crippen LogP contribution in [0.15, 0.2) is 35.6 Å². The van der Waals surface area contributed by atoms with Gasteiger partial charge >= 0.3 is 0 Å². The monoisotopic (exact) mass is 311 g/mol. The zero-order valence-electron chi connectivity index (χ0n) is 13.7. The van der Waals surface area contributed by atoms with Crippen molar-refractivity contribution >= 4 is 10.9 Å². The highest BCUT2D eigenvalue weighted by Gasteiger charge is 2.17. The molecular weight excluding hydrogens is 290 g/mol. The maximum absolute atomic E-state index is 12.9. The van der Waals surface area contributed by atoms with E-state index in [1.807, 2.05) is 29.8 Å². The van der Waals surface area contributed by atoms with Gasteiger partial charge in [0, 0.05) is 6.54 Å². The minimum absolute atomic E-state index is 0.0381. The molecule has 2 aromatic heterocycles. The van der Waals surface area contributed by atoms with E-state index in [9.17, 15) is 4.79 Å². The normalized spacial score (nSPS) is 12.7. The quantitative estimate of drug-likeness (QED) is 0.726. The van der Waals surface area contributed by atoms with Gasteiger partial charge < -0.3 is 0 Å². The molecule has 0 saturated heterocycles. The molecule has 120 valence electrons. The Kier molecular flexibility index (Phi) is 4.23. The van der Waals surface area contributed by atoms with Crippen molar-refractivity contribution in [2.24, 2.45) is 0 Å². The fourth-order valence-electron chi connectivity index (χ4n) is 2.78. The van der Waals surface area contributed by atoms with Crippen molar-refractivity contribution in [2.45, 2.75) is 46.2 Å². The molecule has 0 radical (unpaired) electrons. The van der Waals surface area contributed by atoms with E-state index in [0.29, 0.717) is 5.39 Å². The molecule has 23 heavy (non-hydrogen) atoms. The maximum atomic E-state index is 12.9. The number of hydrogen-bond donors (Lipinski definition) is 0. The van der Waals surface area contributed by atoms with Crippen LogP contribution in [-0.4, -0.2) is 24.3 Å². The largest absolute Gasteiger partial charge is 0.288 e. The van der Waals surface area contributed by atoms with Crippen molar-refractivity contribution < 1.29 is 0 Å². The fourth-order valence-corrected chi connectivity index (χ4v) is 2.78. The molecule has 1 aromatic carbocycles. The number of rotatable bonds is 5. The number of aromatic nitrogens is 5. The Morgan fingerprint density at radius 2 is 2.04 bits per heavy atom. The highest BCUT2D eigenvalue weighted by atomic mass is 16.1. The third-order valence-electron chi connectivity index (χ3n) is 4.13. The Labute approximate surface area is 134 Å². The minimum Gasteiger partial charge on any atom is -0.288 e. The Hall–Kier alpha value is -2.50. The van der Waals surface area contributed by atoms with E-state index in [4.69, 9.17) is 0 Å². The first-order valence-corrected chi connectivity index (χ1v) is 8.03. The lowest BCUT2D eigenvalue weighted by Gasteiger charge is -2.15. The van der Waals surface area contributed by atoms with Crippen LogP contribution >= 0.6 is 0 Å². The van der Waals surface area contributed by atoms with E-state index in [0.717, 1.165) is 36.3 Å². The highest BCUT2D eigenvalue weighted by molar-refractivity contribution is 5.78. The molecule has 0 bridgehead atoms. The van der Waals surface area contributed by atoms with Gasteiger partial charge in [-0.25, -0.2) is 14.6 Å². The van der Waals surface area contributed by atoms with Crippen LogP contribution in [0.5, 0.6) is 0 Å². The lowest BCUT2D eigenvalue weighted by atomic mass is 10.1. The van der Waals surface area contributed by atoms with Gasteiger partial charge in [-0.3, -0.25) is 9.36 Å². The summed E-state index contributed by atoms with van der Waals surface area (Å²) in [6.45, 7) is 6.91. The van der Waals surface area contributed by atoms with Gasteiger partial charge in [-0.2, -0.15) is 5.10 Å². The minimum atomic E-state index is -0.210. The molecule has 6 heteroatoms. The van der Waals surface area contributed by atoms with Crippen LogP contribution in [0.1, 0.15) is 44.6 Å². The predicted octanol–water partition coefficient (Wildman–Crippen LogP) is 2.57. The second kappa shape index (κ2) is 6.32. The van der Waals surface area contributed by atoms with Crippen LogP contribution in [0.2, 0.25) is 0 Å². The Balaban J connectivity index is 2.10. The summed E-state index contributed by atoms with van der Waals surface area (Å²) in [5, 5.41) is 4.89. The molecule has 0 saturated carbocycles. The second-order valence-corrected chi connectivity index (χ2v) is 5.68. The van der Waals surface area contributed by atoms with Crippen molar-refractivity contribution in [3.05, 3.63) is 52.6 Å². The van der Waals surface area contributed by atoms with Crippen molar-refractivity contribution in [1.82, 2.24) is 24.3 Å². The summed E-state index contributed by atoms with van der Waals surface area (Å²) in [5.41, 5.74) is 1.82. The number of fused-ring (bicyclic) bond motifs is 1. The lowest BCUT2D eigenvalue weighted by Crippen LogP contribution is -2.26. The number of hydrogen-bond acceptors (Lipinski definition) is 4. The summed E-state index contributed by atoms with van der Waals surface area (Å²) in [5.74, 6) is 0.779. The molecule has 0 amide bonds. The summed E-state index contributed by atoms with van der Waals surface area (Å²) in [6, 6.07) is 5.65. The van der Waals surface area contributed by atoms with Crippen molar-refractivity contribution in [3.8, 4) is 0 Å². The molecule has 0 fully saturated rings. The molecule has 2 heterocycles. The van der Waals surface area contributed by atoms with Crippen LogP contribution in [-0.2, 0) is 13.0 Å². The first-order valence-electron chi connectivity index (χ1n) is 8.03. The van der Waals surface area contributed by atoms with Gasteiger partial charge in [0.15, 0.2) is 0 Å². The van der Waals surface area contributed by atoms with Gasteiger partial charge in [-0.05, 0) is 37.5 Å². The molecular formula is C17H21N5O. The Morgan fingerprint density at radius 1 is 1.22 bits per heavy atom. The molecule has 0 unspecified atom stereocenters. The van der Waals surface area contributed by atoms with Gasteiger partial charge in [0.25, 0.3) is 5.56 Å². The van der Waals surface area contributed by atoms with Crippen molar-refractivity contribution in [3.63, 3.8) is 0 Å². The predicted molar refractivity (Wildman–Crippen MR) is 89.5 cm³/mol. The van der Waals surface area contributed by atoms with E-state index in [1.165, 1.54) is 6.33 Å². The number of benzene rings is 1. The molecule has 0 N–H and O–H groups in total. The van der Waals surface area contributed by atoms with Gasteiger partial charge in [-0.1, -0.05) is 19.9 Å². The Bertz CT molecular complexity index is 880. The first kappa shape index (κ1) is 15.4. The van der Waals surface area contributed by atoms with Gasteiger partial charge in [-0.15, -0.1) is 0 Å². The highest BCUT2D eigenvalue weighted by Crippen LogP contribution is 2.16. The molecule has 0 aliphatic rings. The molecule has 0 spiro atoms. The second-order valence-electron chi connectivity index (χ2n) is 5.68. The summed E-state index contributed by atoms with van der Waals surface area (Å²) < 4.78 is 3.49. The smallest absolute Gasteiger partial charge is 0.261 e. The molecule has 0 aliphatic carbocycles. The average Bonchev–Trinajstić information content (AvgIpc) is 3.03. The van der Waals surface area contributed by atoms with Crippen molar-refractivity contribution in [2.75, 3.05) is 0 Å². The number of aryl methyl sites for hydroxylation is 2. The topological polar surface area (TPSA) is 65.6 Å². The van der Waals surface area contributed by atoms with E-state index in [1.54, 1.807) is 10.9 Å². The lowest BCUT2D eigenvalue weighted by molar-refractivity contribution is 0.497. The molecule has 6 nitrogen and oxygen atoms in total. The van der Waals surface area contributed by atoms with E-state index >= 15 is 0 Å².